The van der Waals surface area contributed by atoms with Crippen LogP contribution in [0.5, 0.6) is 0 Å². The highest BCUT2D eigenvalue weighted by atomic mass is 32.1. The topological polar surface area (TPSA) is 96.2 Å². The molecular formula is C19H20N6OS. The molecule has 3 aromatic rings. The zero-order valence-corrected chi connectivity index (χ0v) is 15.9. The Morgan fingerprint density at radius 2 is 2.04 bits per heavy atom. The number of nitrogens with one attached hydrogen (secondary N) is 2. The molecule has 0 aliphatic rings. The Hall–Kier alpha value is -3.23. The van der Waals surface area contributed by atoms with E-state index in [9.17, 15) is 4.79 Å². The summed E-state index contributed by atoms with van der Waals surface area (Å²) in [6.45, 7) is 3.59. The van der Waals surface area contributed by atoms with Gasteiger partial charge in [0.05, 0.1) is 5.69 Å². The number of thiazole rings is 1. The van der Waals surface area contributed by atoms with E-state index in [-0.39, 0.29) is 11.6 Å². The SMILES string of the molecule is C=C/C=C(/C(=O)Nc1nc2ccc(-c3ccccc3NC)nc2s1)N(C)N. The third-order valence-corrected chi connectivity index (χ3v) is 4.72. The fourth-order valence-electron chi connectivity index (χ4n) is 2.57. The van der Waals surface area contributed by atoms with E-state index in [0.29, 0.717) is 5.13 Å². The Morgan fingerprint density at radius 1 is 1.26 bits per heavy atom. The standard InChI is InChI=1S/C19H20N6OS/c1-4-7-16(25(3)20)17(26)24-19-23-15-11-10-14(22-18(15)27-19)12-8-5-6-9-13(12)21-2/h4-11,21H,1,20H2,2-3H3,(H,23,24,26)/b16-7-. The molecule has 2 heterocycles. The average Bonchev–Trinajstić information content (AvgIpc) is 3.06. The van der Waals surface area contributed by atoms with Crippen LogP contribution in [0.4, 0.5) is 10.8 Å². The Kier molecular flexibility index (Phi) is 5.49. The van der Waals surface area contributed by atoms with Crippen LogP contribution in [0.15, 0.2) is 60.8 Å². The number of carbonyl (C=O) groups is 1. The molecule has 1 aromatic carbocycles. The smallest absolute Gasteiger partial charge is 0.275 e. The summed E-state index contributed by atoms with van der Waals surface area (Å²) in [5.41, 5.74) is 3.83. The Labute approximate surface area is 161 Å². The van der Waals surface area contributed by atoms with E-state index >= 15 is 0 Å². The van der Waals surface area contributed by atoms with Gasteiger partial charge in [0, 0.05) is 25.3 Å². The Bertz CT molecular complexity index is 1020. The second-order valence-corrected chi connectivity index (χ2v) is 6.67. The third-order valence-electron chi connectivity index (χ3n) is 3.84. The quantitative estimate of drug-likeness (QED) is 0.263. The van der Waals surface area contributed by atoms with Gasteiger partial charge in [0.2, 0.25) is 0 Å². The number of hydrazine groups is 1. The minimum Gasteiger partial charge on any atom is -0.388 e. The fraction of sp³-hybridized carbons (Fsp3) is 0.105. The van der Waals surface area contributed by atoms with E-state index in [0.717, 1.165) is 27.3 Å². The summed E-state index contributed by atoms with van der Waals surface area (Å²) in [6.07, 6.45) is 3.04. The number of fused-ring (bicyclic) bond motifs is 1. The molecule has 4 N–H and O–H groups in total. The van der Waals surface area contributed by atoms with Crippen LogP contribution in [0.3, 0.4) is 0 Å². The molecule has 0 unspecified atom stereocenters. The van der Waals surface area contributed by atoms with Crippen molar-refractivity contribution in [1.82, 2.24) is 15.0 Å². The third kappa shape index (κ3) is 3.97. The van der Waals surface area contributed by atoms with E-state index in [1.165, 1.54) is 28.5 Å². The van der Waals surface area contributed by atoms with Crippen LogP contribution in [0, 0.1) is 0 Å². The van der Waals surface area contributed by atoms with Gasteiger partial charge < -0.3 is 10.3 Å². The number of rotatable bonds is 6. The first-order valence-corrected chi connectivity index (χ1v) is 9.02. The molecule has 1 amide bonds. The Balaban J connectivity index is 1.91. The highest BCUT2D eigenvalue weighted by molar-refractivity contribution is 7.22. The normalized spacial score (nSPS) is 11.3. The van der Waals surface area contributed by atoms with Gasteiger partial charge in [0.15, 0.2) is 5.13 Å². The first kappa shape index (κ1) is 18.6. The summed E-state index contributed by atoms with van der Waals surface area (Å²) in [7, 11) is 3.46. The number of allylic oxidation sites excluding steroid dienone is 2. The lowest BCUT2D eigenvalue weighted by molar-refractivity contribution is -0.114. The van der Waals surface area contributed by atoms with Crippen molar-refractivity contribution < 1.29 is 4.79 Å². The van der Waals surface area contributed by atoms with Crippen LogP contribution in [0.25, 0.3) is 21.6 Å². The number of nitrogens with two attached hydrogens (primary N) is 1. The number of carbonyl (C=O) groups excluding carboxylic acids is 1. The molecule has 138 valence electrons. The van der Waals surface area contributed by atoms with Crippen molar-refractivity contribution in [2.45, 2.75) is 0 Å². The number of pyridine rings is 1. The number of hydrogen-bond donors (Lipinski definition) is 3. The number of anilines is 2. The summed E-state index contributed by atoms with van der Waals surface area (Å²) < 4.78 is 0. The largest absolute Gasteiger partial charge is 0.388 e. The molecule has 0 spiro atoms. The van der Waals surface area contributed by atoms with Gasteiger partial charge in [-0.15, -0.1) is 0 Å². The van der Waals surface area contributed by atoms with Gasteiger partial charge in [-0.3, -0.25) is 10.1 Å². The lowest BCUT2D eigenvalue weighted by Crippen LogP contribution is -2.32. The number of amides is 1. The minimum absolute atomic E-state index is 0.279. The molecule has 0 aliphatic carbocycles. The summed E-state index contributed by atoms with van der Waals surface area (Å²) in [5.74, 6) is 5.32. The summed E-state index contributed by atoms with van der Waals surface area (Å²) in [4.78, 5) is 22.2. The lowest BCUT2D eigenvalue weighted by atomic mass is 10.1. The molecule has 2 aromatic heterocycles. The van der Waals surface area contributed by atoms with Crippen molar-refractivity contribution in [3.63, 3.8) is 0 Å². The van der Waals surface area contributed by atoms with Gasteiger partial charge in [-0.25, -0.2) is 15.8 Å². The fourth-order valence-corrected chi connectivity index (χ4v) is 3.40. The maximum Gasteiger partial charge on any atom is 0.275 e. The summed E-state index contributed by atoms with van der Waals surface area (Å²) >= 11 is 1.31. The zero-order valence-electron chi connectivity index (χ0n) is 15.1. The van der Waals surface area contributed by atoms with Crippen molar-refractivity contribution >= 4 is 38.4 Å². The van der Waals surface area contributed by atoms with E-state index < -0.39 is 0 Å². The van der Waals surface area contributed by atoms with Gasteiger partial charge in [0.25, 0.3) is 5.91 Å². The van der Waals surface area contributed by atoms with Crippen molar-refractivity contribution in [3.05, 3.63) is 60.8 Å². The van der Waals surface area contributed by atoms with Crippen LogP contribution in [0.1, 0.15) is 0 Å². The van der Waals surface area contributed by atoms with Crippen molar-refractivity contribution in [2.24, 2.45) is 5.84 Å². The highest BCUT2D eigenvalue weighted by Gasteiger charge is 2.15. The second-order valence-electron chi connectivity index (χ2n) is 5.69. The monoisotopic (exact) mass is 380 g/mol. The van der Waals surface area contributed by atoms with Gasteiger partial charge in [-0.2, -0.15) is 0 Å². The molecule has 0 saturated carbocycles. The molecule has 27 heavy (non-hydrogen) atoms. The van der Waals surface area contributed by atoms with E-state index in [1.54, 1.807) is 7.05 Å². The number of benzene rings is 1. The molecule has 3 rings (SSSR count). The van der Waals surface area contributed by atoms with E-state index in [1.807, 2.05) is 43.4 Å². The molecule has 0 radical (unpaired) electrons. The van der Waals surface area contributed by atoms with E-state index in [2.05, 4.69) is 22.2 Å². The predicted octanol–water partition coefficient (Wildman–Crippen LogP) is 3.21. The number of aromatic nitrogens is 2. The van der Waals surface area contributed by atoms with Gasteiger partial charge >= 0.3 is 0 Å². The van der Waals surface area contributed by atoms with Crippen molar-refractivity contribution in [1.29, 1.82) is 0 Å². The van der Waals surface area contributed by atoms with Crippen LogP contribution in [-0.4, -0.2) is 35.0 Å². The van der Waals surface area contributed by atoms with Crippen molar-refractivity contribution in [3.8, 4) is 11.3 Å². The minimum atomic E-state index is -0.361. The van der Waals surface area contributed by atoms with Crippen molar-refractivity contribution in [2.75, 3.05) is 24.7 Å². The summed E-state index contributed by atoms with van der Waals surface area (Å²) in [6, 6.07) is 11.8. The molecule has 7 nitrogen and oxygen atoms in total. The first-order valence-electron chi connectivity index (χ1n) is 8.20. The van der Waals surface area contributed by atoms with Crippen LogP contribution < -0.4 is 16.5 Å². The Morgan fingerprint density at radius 3 is 2.74 bits per heavy atom. The molecule has 0 atom stereocenters. The molecule has 0 aliphatic heterocycles. The maximum absolute atomic E-state index is 12.4. The predicted molar refractivity (Wildman–Crippen MR) is 111 cm³/mol. The molecule has 0 fully saturated rings. The lowest BCUT2D eigenvalue weighted by Gasteiger charge is -2.14. The van der Waals surface area contributed by atoms with Gasteiger partial charge in [-0.05, 0) is 24.3 Å². The van der Waals surface area contributed by atoms with Gasteiger partial charge in [0.1, 0.15) is 16.0 Å². The maximum atomic E-state index is 12.4. The molecule has 0 bridgehead atoms. The number of likely N-dealkylation sites (N-methyl/N-ethyl adjacent to an activating group) is 1. The van der Waals surface area contributed by atoms with Gasteiger partial charge in [-0.1, -0.05) is 42.2 Å². The molecular weight excluding hydrogens is 360 g/mol. The van der Waals surface area contributed by atoms with E-state index in [4.69, 9.17) is 10.8 Å². The highest BCUT2D eigenvalue weighted by Crippen LogP contribution is 2.30. The second kappa shape index (κ2) is 7.98. The van der Waals surface area contributed by atoms with Crippen LogP contribution >= 0.6 is 11.3 Å². The van der Waals surface area contributed by atoms with Crippen LogP contribution in [0.2, 0.25) is 0 Å². The summed E-state index contributed by atoms with van der Waals surface area (Å²) in [5, 5.41) is 7.61. The number of nitrogens with zero attached hydrogens (tertiary/aromatic N) is 3. The van der Waals surface area contributed by atoms with Crippen LogP contribution in [-0.2, 0) is 4.79 Å². The average molecular weight is 380 g/mol. The molecule has 0 saturated heterocycles. The number of hydrogen-bond acceptors (Lipinski definition) is 7. The zero-order chi connectivity index (χ0) is 19.4. The first-order chi connectivity index (χ1) is 13.0. The molecule has 8 heteroatoms. The number of para-hydroxylation sites is 1.